The number of hydrogen-bond acceptors (Lipinski definition) is 3. The van der Waals surface area contributed by atoms with Crippen LogP contribution in [-0.4, -0.2) is 24.3 Å². The van der Waals surface area contributed by atoms with Crippen molar-refractivity contribution in [1.29, 1.82) is 0 Å². The number of halogens is 1. The van der Waals surface area contributed by atoms with Crippen LogP contribution in [0.4, 0.5) is 0 Å². The zero-order valence-electron chi connectivity index (χ0n) is 13.6. The van der Waals surface area contributed by atoms with Crippen LogP contribution < -0.4 is 4.74 Å². The molecule has 4 nitrogen and oxygen atoms in total. The van der Waals surface area contributed by atoms with E-state index in [4.69, 9.17) is 21.1 Å². The summed E-state index contributed by atoms with van der Waals surface area (Å²) in [6, 6.07) is 15.1. The fourth-order valence-corrected chi connectivity index (χ4v) is 2.88. The van der Waals surface area contributed by atoms with E-state index in [0.717, 1.165) is 23.0 Å². The number of nitrogens with zero attached hydrogens (tertiary/aromatic N) is 1. The third-order valence-corrected chi connectivity index (χ3v) is 3.96. The normalized spacial score (nSPS) is 10.8. The molecule has 0 saturated carbocycles. The SMILES string of the molecule is CCCOc1c(C(=O)OC)n(-c2ccccc2)c2ccc(Cl)cc12. The largest absolute Gasteiger partial charge is 0.490 e. The standard InChI is InChI=1S/C19H18ClNO3/c1-3-11-24-18-15-12-13(20)9-10-16(15)21(17(18)19(22)23-2)14-7-5-4-6-8-14/h4-10,12H,3,11H2,1-2H3. The molecule has 0 atom stereocenters. The maximum Gasteiger partial charge on any atom is 0.358 e. The molecule has 5 heteroatoms. The zero-order valence-corrected chi connectivity index (χ0v) is 14.3. The van der Waals surface area contributed by atoms with Crippen molar-refractivity contribution < 1.29 is 14.3 Å². The van der Waals surface area contributed by atoms with Gasteiger partial charge < -0.3 is 14.0 Å². The van der Waals surface area contributed by atoms with Crippen LogP contribution in [0.2, 0.25) is 5.02 Å². The monoisotopic (exact) mass is 343 g/mol. The summed E-state index contributed by atoms with van der Waals surface area (Å²) >= 11 is 6.16. The first-order chi connectivity index (χ1) is 11.7. The van der Waals surface area contributed by atoms with Gasteiger partial charge in [-0.05, 0) is 36.8 Å². The summed E-state index contributed by atoms with van der Waals surface area (Å²) in [6.07, 6.45) is 0.833. The minimum Gasteiger partial charge on any atom is -0.490 e. The lowest BCUT2D eigenvalue weighted by atomic mass is 10.2. The number of esters is 1. The minimum absolute atomic E-state index is 0.370. The van der Waals surface area contributed by atoms with Gasteiger partial charge >= 0.3 is 5.97 Å². The molecule has 1 aromatic heterocycles. The van der Waals surface area contributed by atoms with E-state index in [-0.39, 0.29) is 0 Å². The third kappa shape index (κ3) is 2.85. The second-order valence-corrected chi connectivity index (χ2v) is 5.79. The second kappa shape index (κ2) is 6.97. The Kier molecular flexibility index (Phi) is 4.76. The maximum absolute atomic E-state index is 12.5. The second-order valence-electron chi connectivity index (χ2n) is 5.35. The smallest absolute Gasteiger partial charge is 0.358 e. The Morgan fingerprint density at radius 2 is 1.92 bits per heavy atom. The molecule has 0 bridgehead atoms. The molecule has 0 aliphatic heterocycles. The van der Waals surface area contributed by atoms with Crippen molar-refractivity contribution in [3.8, 4) is 11.4 Å². The van der Waals surface area contributed by atoms with Gasteiger partial charge in [0.05, 0.1) is 19.2 Å². The summed E-state index contributed by atoms with van der Waals surface area (Å²) in [5, 5.41) is 1.38. The van der Waals surface area contributed by atoms with Gasteiger partial charge in [0.25, 0.3) is 0 Å². The van der Waals surface area contributed by atoms with Crippen LogP contribution in [0.5, 0.6) is 5.75 Å². The predicted molar refractivity (Wildman–Crippen MR) is 95.4 cm³/mol. The van der Waals surface area contributed by atoms with E-state index < -0.39 is 5.97 Å². The third-order valence-electron chi connectivity index (χ3n) is 3.73. The molecule has 1 heterocycles. The van der Waals surface area contributed by atoms with Crippen molar-refractivity contribution in [2.24, 2.45) is 0 Å². The van der Waals surface area contributed by atoms with Crippen molar-refractivity contribution in [3.05, 3.63) is 59.2 Å². The number of benzene rings is 2. The van der Waals surface area contributed by atoms with Gasteiger partial charge in [0, 0.05) is 16.1 Å². The van der Waals surface area contributed by atoms with Crippen LogP contribution in [0.25, 0.3) is 16.6 Å². The lowest BCUT2D eigenvalue weighted by Crippen LogP contribution is -2.11. The minimum atomic E-state index is -0.447. The van der Waals surface area contributed by atoms with Crippen LogP contribution in [0, 0.1) is 0 Å². The molecule has 3 rings (SSSR count). The average molecular weight is 344 g/mol. The van der Waals surface area contributed by atoms with Crippen LogP contribution in [0.15, 0.2) is 48.5 Å². The summed E-state index contributed by atoms with van der Waals surface area (Å²) in [6.45, 7) is 2.52. The van der Waals surface area contributed by atoms with E-state index in [1.807, 2.05) is 54.0 Å². The van der Waals surface area contributed by atoms with Crippen molar-refractivity contribution >= 4 is 28.5 Å². The zero-order chi connectivity index (χ0) is 17.1. The number of aromatic nitrogens is 1. The first-order valence-electron chi connectivity index (χ1n) is 7.77. The number of carbonyl (C=O) groups excluding carboxylic acids is 1. The lowest BCUT2D eigenvalue weighted by Gasteiger charge is -2.10. The molecule has 3 aromatic rings. The van der Waals surface area contributed by atoms with Crippen molar-refractivity contribution in [3.63, 3.8) is 0 Å². The molecule has 24 heavy (non-hydrogen) atoms. The number of fused-ring (bicyclic) bond motifs is 1. The van der Waals surface area contributed by atoms with Gasteiger partial charge in [-0.1, -0.05) is 36.7 Å². The Morgan fingerprint density at radius 1 is 1.17 bits per heavy atom. The fourth-order valence-electron chi connectivity index (χ4n) is 2.71. The van der Waals surface area contributed by atoms with Crippen LogP contribution in [0.1, 0.15) is 23.8 Å². The summed E-state index contributed by atoms with van der Waals surface area (Å²) in [5.41, 5.74) is 2.07. The average Bonchev–Trinajstić information content (AvgIpc) is 2.93. The molecular formula is C19H18ClNO3. The Labute approximate surface area is 145 Å². The molecule has 124 valence electrons. The first kappa shape index (κ1) is 16.4. The van der Waals surface area contributed by atoms with E-state index in [2.05, 4.69) is 0 Å². The van der Waals surface area contributed by atoms with Gasteiger partial charge in [0.1, 0.15) is 0 Å². The van der Waals surface area contributed by atoms with E-state index in [0.29, 0.717) is 23.1 Å². The Balaban J connectivity index is 2.37. The van der Waals surface area contributed by atoms with E-state index in [1.54, 1.807) is 6.07 Å². The molecule has 0 aliphatic rings. The van der Waals surface area contributed by atoms with Gasteiger partial charge in [0.2, 0.25) is 0 Å². The molecular weight excluding hydrogens is 326 g/mol. The van der Waals surface area contributed by atoms with Gasteiger partial charge in [-0.15, -0.1) is 0 Å². The highest BCUT2D eigenvalue weighted by atomic mass is 35.5. The van der Waals surface area contributed by atoms with Gasteiger partial charge in [-0.25, -0.2) is 4.79 Å². The highest BCUT2D eigenvalue weighted by molar-refractivity contribution is 6.31. The van der Waals surface area contributed by atoms with Gasteiger partial charge in [-0.2, -0.15) is 0 Å². The Bertz CT molecular complexity index is 871. The molecule has 2 aromatic carbocycles. The number of carbonyl (C=O) groups is 1. The summed E-state index contributed by atoms with van der Waals surface area (Å²) in [4.78, 5) is 12.5. The lowest BCUT2D eigenvalue weighted by molar-refractivity contribution is 0.0587. The fraction of sp³-hybridized carbons (Fsp3) is 0.211. The maximum atomic E-state index is 12.5. The molecule has 0 amide bonds. The van der Waals surface area contributed by atoms with Gasteiger partial charge in [0.15, 0.2) is 11.4 Å². The van der Waals surface area contributed by atoms with Gasteiger partial charge in [-0.3, -0.25) is 0 Å². The van der Waals surface area contributed by atoms with E-state index in [1.165, 1.54) is 7.11 Å². The van der Waals surface area contributed by atoms with E-state index in [9.17, 15) is 4.79 Å². The van der Waals surface area contributed by atoms with E-state index >= 15 is 0 Å². The molecule has 0 N–H and O–H groups in total. The van der Waals surface area contributed by atoms with Crippen LogP contribution in [-0.2, 0) is 4.74 Å². The number of ether oxygens (including phenoxy) is 2. The highest BCUT2D eigenvalue weighted by Gasteiger charge is 2.26. The molecule has 0 saturated heterocycles. The van der Waals surface area contributed by atoms with Crippen molar-refractivity contribution in [2.75, 3.05) is 13.7 Å². The number of methoxy groups -OCH3 is 1. The summed E-state index contributed by atoms with van der Waals surface area (Å²) in [7, 11) is 1.37. The number of hydrogen-bond donors (Lipinski definition) is 0. The Hall–Kier alpha value is -2.46. The molecule has 0 unspecified atom stereocenters. The van der Waals surface area contributed by atoms with Crippen molar-refractivity contribution in [2.45, 2.75) is 13.3 Å². The molecule has 0 spiro atoms. The predicted octanol–water partition coefficient (Wildman–Crippen LogP) is 4.86. The quantitative estimate of drug-likeness (QED) is 0.621. The summed E-state index contributed by atoms with van der Waals surface area (Å²) < 4.78 is 12.8. The van der Waals surface area contributed by atoms with Crippen LogP contribution in [0.3, 0.4) is 0 Å². The topological polar surface area (TPSA) is 40.5 Å². The highest BCUT2D eigenvalue weighted by Crippen LogP contribution is 2.37. The number of rotatable bonds is 5. The molecule has 0 radical (unpaired) electrons. The molecule has 0 fully saturated rings. The summed E-state index contributed by atoms with van der Waals surface area (Å²) in [5.74, 6) is 0.0577. The Morgan fingerprint density at radius 3 is 2.58 bits per heavy atom. The van der Waals surface area contributed by atoms with Crippen molar-refractivity contribution in [1.82, 2.24) is 4.57 Å². The first-order valence-corrected chi connectivity index (χ1v) is 8.15. The molecule has 0 aliphatic carbocycles. The number of para-hydroxylation sites is 1. The van der Waals surface area contributed by atoms with Crippen LogP contribution >= 0.6 is 11.6 Å².